The molecule has 0 aliphatic carbocycles. The number of anilines is 1. The van der Waals surface area contributed by atoms with Crippen LogP contribution in [0.4, 0.5) is 11.4 Å². The van der Waals surface area contributed by atoms with Gasteiger partial charge >= 0.3 is 0 Å². The second-order valence-corrected chi connectivity index (χ2v) is 3.79. The third-order valence-electron chi connectivity index (χ3n) is 2.53. The maximum atomic E-state index is 5.94. The number of para-hydroxylation sites is 1. The van der Waals surface area contributed by atoms with E-state index in [0.717, 1.165) is 11.3 Å². The zero-order chi connectivity index (χ0) is 13.0. The maximum Gasteiger partial charge on any atom is 0.141 e. The van der Waals surface area contributed by atoms with E-state index in [2.05, 4.69) is 4.99 Å². The number of nitrogen functional groups attached to an aromatic ring is 1. The number of methoxy groups -OCH3 is 1. The Bertz CT molecular complexity index is 565. The third kappa shape index (κ3) is 2.60. The molecule has 0 bridgehead atoms. The van der Waals surface area contributed by atoms with Crippen molar-refractivity contribution in [1.82, 2.24) is 0 Å². The Balaban J connectivity index is 2.32. The maximum absolute atomic E-state index is 5.94. The highest BCUT2D eigenvalue weighted by Crippen LogP contribution is 2.22. The van der Waals surface area contributed by atoms with Gasteiger partial charge < -0.3 is 16.2 Å². The van der Waals surface area contributed by atoms with Crippen molar-refractivity contribution in [2.75, 3.05) is 12.8 Å². The third-order valence-corrected chi connectivity index (χ3v) is 2.53. The van der Waals surface area contributed by atoms with Crippen LogP contribution >= 0.6 is 0 Å². The van der Waals surface area contributed by atoms with Gasteiger partial charge in [0.15, 0.2) is 0 Å². The minimum Gasteiger partial charge on any atom is -0.495 e. The van der Waals surface area contributed by atoms with E-state index in [0.29, 0.717) is 17.3 Å². The average Bonchev–Trinajstić information content (AvgIpc) is 2.39. The van der Waals surface area contributed by atoms with Gasteiger partial charge in [-0.15, -0.1) is 0 Å². The largest absolute Gasteiger partial charge is 0.495 e. The van der Waals surface area contributed by atoms with Crippen molar-refractivity contribution in [2.45, 2.75) is 0 Å². The summed E-state index contributed by atoms with van der Waals surface area (Å²) in [5.41, 5.74) is 13.9. The Morgan fingerprint density at radius 1 is 1.11 bits per heavy atom. The monoisotopic (exact) mass is 241 g/mol. The van der Waals surface area contributed by atoms with Crippen LogP contribution in [0.5, 0.6) is 5.75 Å². The van der Waals surface area contributed by atoms with Crippen LogP contribution in [0, 0.1) is 0 Å². The molecule has 0 aromatic heterocycles. The fraction of sp³-hybridized carbons (Fsp3) is 0.0714. The van der Waals surface area contributed by atoms with Gasteiger partial charge in [0.25, 0.3) is 0 Å². The van der Waals surface area contributed by atoms with Crippen molar-refractivity contribution in [2.24, 2.45) is 10.7 Å². The fourth-order valence-corrected chi connectivity index (χ4v) is 1.60. The number of rotatable bonds is 3. The molecule has 4 N–H and O–H groups in total. The van der Waals surface area contributed by atoms with Crippen LogP contribution in [-0.2, 0) is 0 Å². The minimum absolute atomic E-state index is 0.426. The van der Waals surface area contributed by atoms with Crippen LogP contribution < -0.4 is 16.2 Å². The lowest BCUT2D eigenvalue weighted by Gasteiger charge is -2.06. The zero-order valence-corrected chi connectivity index (χ0v) is 10.1. The molecule has 0 radical (unpaired) electrons. The first-order valence-corrected chi connectivity index (χ1v) is 5.54. The summed E-state index contributed by atoms with van der Waals surface area (Å²) < 4.78 is 5.09. The Morgan fingerprint density at radius 2 is 1.83 bits per heavy atom. The van der Waals surface area contributed by atoms with Crippen molar-refractivity contribution in [3.8, 4) is 5.75 Å². The van der Waals surface area contributed by atoms with Gasteiger partial charge in [0.1, 0.15) is 11.6 Å². The number of benzene rings is 2. The minimum atomic E-state index is 0.426. The molecule has 4 nitrogen and oxygen atoms in total. The van der Waals surface area contributed by atoms with Gasteiger partial charge in [-0.1, -0.05) is 18.2 Å². The van der Waals surface area contributed by atoms with Crippen LogP contribution in [0.25, 0.3) is 0 Å². The normalized spacial score (nSPS) is 11.3. The molecule has 0 fully saturated rings. The van der Waals surface area contributed by atoms with Gasteiger partial charge in [0.05, 0.1) is 18.5 Å². The highest BCUT2D eigenvalue weighted by Gasteiger charge is 2.03. The van der Waals surface area contributed by atoms with E-state index in [9.17, 15) is 0 Å². The smallest absolute Gasteiger partial charge is 0.141 e. The van der Waals surface area contributed by atoms with Crippen molar-refractivity contribution in [3.05, 3.63) is 54.1 Å². The fourth-order valence-electron chi connectivity index (χ4n) is 1.60. The summed E-state index contributed by atoms with van der Waals surface area (Å²) in [5, 5.41) is 0. The second kappa shape index (κ2) is 5.23. The number of nitrogens with zero attached hydrogens (tertiary/aromatic N) is 1. The molecule has 0 saturated carbocycles. The Labute approximate surface area is 106 Å². The van der Waals surface area contributed by atoms with Crippen molar-refractivity contribution in [3.63, 3.8) is 0 Å². The molecular formula is C14H15N3O. The van der Waals surface area contributed by atoms with Gasteiger partial charge in [-0.3, -0.25) is 0 Å². The van der Waals surface area contributed by atoms with E-state index in [1.165, 1.54) is 0 Å². The molecular weight excluding hydrogens is 226 g/mol. The molecule has 0 heterocycles. The van der Waals surface area contributed by atoms with E-state index in [1.807, 2.05) is 36.4 Å². The van der Waals surface area contributed by atoms with Gasteiger partial charge in [-0.05, 0) is 30.3 Å². The molecule has 2 aromatic carbocycles. The summed E-state index contributed by atoms with van der Waals surface area (Å²) in [5.74, 6) is 1.06. The van der Waals surface area contributed by atoms with Gasteiger partial charge in [-0.2, -0.15) is 0 Å². The first kappa shape index (κ1) is 12.0. The number of ether oxygens (including phenoxy) is 1. The standard InChI is InChI=1S/C14H15N3O/c1-18-13-8-7-10(9-12(13)15)14(16)17-11-5-3-2-4-6-11/h2-9H,15H2,1H3,(H2,16,17). The molecule has 0 aliphatic rings. The summed E-state index contributed by atoms with van der Waals surface area (Å²) in [6.07, 6.45) is 0. The van der Waals surface area contributed by atoms with Gasteiger partial charge in [0.2, 0.25) is 0 Å². The quantitative estimate of drug-likeness (QED) is 0.492. The second-order valence-electron chi connectivity index (χ2n) is 3.79. The lowest BCUT2D eigenvalue weighted by Crippen LogP contribution is -2.13. The van der Waals surface area contributed by atoms with Crippen molar-refractivity contribution >= 4 is 17.2 Å². The van der Waals surface area contributed by atoms with Crippen molar-refractivity contribution < 1.29 is 4.74 Å². The van der Waals surface area contributed by atoms with Crippen LogP contribution in [-0.4, -0.2) is 12.9 Å². The highest BCUT2D eigenvalue weighted by atomic mass is 16.5. The number of hydrogen-bond acceptors (Lipinski definition) is 3. The lowest BCUT2D eigenvalue weighted by molar-refractivity contribution is 0.417. The number of aliphatic imine (C=N–C) groups is 1. The predicted octanol–water partition coefficient (Wildman–Crippen LogP) is 2.31. The van der Waals surface area contributed by atoms with Gasteiger partial charge in [0, 0.05) is 5.56 Å². The number of nitrogens with two attached hydrogens (primary N) is 2. The number of amidine groups is 1. The molecule has 0 atom stereocenters. The first-order chi connectivity index (χ1) is 8.70. The van der Waals surface area contributed by atoms with E-state index in [4.69, 9.17) is 16.2 Å². The van der Waals surface area contributed by atoms with E-state index in [-0.39, 0.29) is 0 Å². The van der Waals surface area contributed by atoms with Crippen LogP contribution in [0.2, 0.25) is 0 Å². The molecule has 0 spiro atoms. The molecule has 2 aromatic rings. The number of hydrogen-bond donors (Lipinski definition) is 2. The Morgan fingerprint density at radius 3 is 2.44 bits per heavy atom. The average molecular weight is 241 g/mol. The van der Waals surface area contributed by atoms with E-state index < -0.39 is 0 Å². The van der Waals surface area contributed by atoms with E-state index >= 15 is 0 Å². The van der Waals surface area contributed by atoms with Crippen LogP contribution in [0.15, 0.2) is 53.5 Å². The summed E-state index contributed by atoms with van der Waals surface area (Å²) in [6, 6.07) is 14.9. The Kier molecular flexibility index (Phi) is 3.48. The molecule has 0 aliphatic heterocycles. The molecule has 92 valence electrons. The molecule has 0 saturated heterocycles. The molecule has 18 heavy (non-hydrogen) atoms. The molecule has 2 rings (SSSR count). The summed E-state index contributed by atoms with van der Waals surface area (Å²) in [4.78, 5) is 4.32. The molecule has 0 unspecified atom stereocenters. The SMILES string of the molecule is COc1ccc(C(N)=Nc2ccccc2)cc1N. The van der Waals surface area contributed by atoms with Crippen molar-refractivity contribution in [1.29, 1.82) is 0 Å². The summed E-state index contributed by atoms with van der Waals surface area (Å²) in [6.45, 7) is 0. The molecule has 0 amide bonds. The van der Waals surface area contributed by atoms with Gasteiger partial charge in [-0.25, -0.2) is 4.99 Å². The van der Waals surface area contributed by atoms with Crippen LogP contribution in [0.1, 0.15) is 5.56 Å². The predicted molar refractivity (Wildman–Crippen MR) is 74.2 cm³/mol. The zero-order valence-electron chi connectivity index (χ0n) is 10.1. The topological polar surface area (TPSA) is 73.6 Å². The van der Waals surface area contributed by atoms with E-state index in [1.54, 1.807) is 19.2 Å². The summed E-state index contributed by atoms with van der Waals surface area (Å²) in [7, 11) is 1.58. The first-order valence-electron chi connectivity index (χ1n) is 5.54. The molecule has 4 heteroatoms. The highest BCUT2D eigenvalue weighted by molar-refractivity contribution is 6.00. The summed E-state index contributed by atoms with van der Waals surface area (Å²) >= 11 is 0. The Hall–Kier alpha value is -2.49. The van der Waals surface area contributed by atoms with Crippen LogP contribution in [0.3, 0.4) is 0 Å². The lowest BCUT2D eigenvalue weighted by atomic mass is 10.1.